The van der Waals surface area contributed by atoms with Gasteiger partial charge in [0.15, 0.2) is 0 Å². The molecule has 30 heavy (non-hydrogen) atoms. The summed E-state index contributed by atoms with van der Waals surface area (Å²) in [5.74, 6) is -0.885. The predicted octanol–water partition coefficient (Wildman–Crippen LogP) is 4.44. The van der Waals surface area contributed by atoms with E-state index in [-0.39, 0.29) is 30.1 Å². The number of anilines is 2. The van der Waals surface area contributed by atoms with Gasteiger partial charge in [0.1, 0.15) is 6.54 Å². The van der Waals surface area contributed by atoms with Crippen molar-refractivity contribution in [2.75, 3.05) is 16.8 Å². The van der Waals surface area contributed by atoms with Crippen LogP contribution in [0.15, 0.2) is 48.5 Å². The Bertz CT molecular complexity index is 920. The van der Waals surface area contributed by atoms with Gasteiger partial charge >= 0.3 is 12.0 Å². The Kier molecular flexibility index (Phi) is 6.34. The molecule has 2 aromatic rings. The number of carboxylic acid groups (broad SMARTS) is 1. The molecule has 2 amide bonds. The second-order valence-electron chi connectivity index (χ2n) is 9.07. The summed E-state index contributed by atoms with van der Waals surface area (Å²) in [7, 11) is 0. The Labute approximate surface area is 178 Å². The van der Waals surface area contributed by atoms with Crippen molar-refractivity contribution in [3.63, 3.8) is 0 Å². The van der Waals surface area contributed by atoms with Crippen LogP contribution in [-0.2, 0) is 11.2 Å². The lowest BCUT2D eigenvalue weighted by Gasteiger charge is -2.44. The number of carbonyl (C=O) groups excluding carboxylic acids is 1. The van der Waals surface area contributed by atoms with Crippen LogP contribution in [0, 0.1) is 12.3 Å². The highest BCUT2D eigenvalue weighted by Gasteiger charge is 2.41. The van der Waals surface area contributed by atoms with Gasteiger partial charge in [0.05, 0.1) is 12.1 Å². The Balaban J connectivity index is 1.90. The number of aliphatic carboxylic acids is 1. The van der Waals surface area contributed by atoms with E-state index in [0.717, 1.165) is 35.3 Å². The fourth-order valence-electron chi connectivity index (χ4n) is 4.45. The first-order chi connectivity index (χ1) is 14.1. The van der Waals surface area contributed by atoms with Gasteiger partial charge in [-0.3, -0.25) is 4.79 Å². The van der Waals surface area contributed by atoms with Crippen molar-refractivity contribution in [1.82, 2.24) is 5.32 Å². The van der Waals surface area contributed by atoms with Crippen LogP contribution in [0.1, 0.15) is 38.3 Å². The molecule has 0 saturated heterocycles. The highest BCUT2D eigenvalue weighted by atomic mass is 16.4. The number of carbonyl (C=O) groups is 2. The third kappa shape index (κ3) is 5.12. The molecule has 1 aliphatic rings. The molecule has 0 aliphatic carbocycles. The van der Waals surface area contributed by atoms with Crippen molar-refractivity contribution in [1.29, 1.82) is 0 Å². The number of benzene rings is 2. The maximum atomic E-state index is 12.8. The summed E-state index contributed by atoms with van der Waals surface area (Å²) in [4.78, 5) is 26.5. The summed E-state index contributed by atoms with van der Waals surface area (Å²) in [5, 5.41) is 15.7. The van der Waals surface area contributed by atoms with E-state index >= 15 is 0 Å². The largest absolute Gasteiger partial charge is 0.480 e. The Morgan fingerprint density at radius 2 is 1.87 bits per heavy atom. The number of amides is 2. The lowest BCUT2D eigenvalue weighted by molar-refractivity contribution is -0.135. The van der Waals surface area contributed by atoms with Crippen molar-refractivity contribution in [3.05, 3.63) is 59.7 Å². The molecule has 2 unspecified atom stereocenters. The summed E-state index contributed by atoms with van der Waals surface area (Å²) in [6.07, 6.45) is 1.50. The van der Waals surface area contributed by atoms with Gasteiger partial charge in [-0.05, 0) is 54.5 Å². The molecular weight excluding hydrogens is 378 g/mol. The summed E-state index contributed by atoms with van der Waals surface area (Å²) < 4.78 is 0. The molecule has 2 atom stereocenters. The van der Waals surface area contributed by atoms with Crippen LogP contribution in [0.5, 0.6) is 0 Å². The Hall–Kier alpha value is -3.02. The van der Waals surface area contributed by atoms with Crippen molar-refractivity contribution in [3.8, 4) is 0 Å². The van der Waals surface area contributed by atoms with E-state index in [1.165, 1.54) is 0 Å². The van der Waals surface area contributed by atoms with Crippen molar-refractivity contribution >= 4 is 23.4 Å². The van der Waals surface area contributed by atoms with E-state index in [4.69, 9.17) is 0 Å². The Morgan fingerprint density at radius 1 is 1.13 bits per heavy atom. The lowest BCUT2D eigenvalue weighted by atomic mass is 9.80. The molecule has 2 aromatic carbocycles. The van der Waals surface area contributed by atoms with E-state index in [1.54, 1.807) is 0 Å². The highest BCUT2D eigenvalue weighted by molar-refractivity contribution is 5.89. The van der Waals surface area contributed by atoms with Gasteiger partial charge < -0.3 is 20.6 Å². The standard InChI is InChI=1S/C24H31N3O3/c1-16-8-7-10-18(14-16)25-23(30)26-19-13-12-17-9-5-6-11-20(17)27(15-21(28)29)22(19)24(2,3)4/h5-11,14,19,22H,12-13,15H2,1-4H3,(H,28,29)(H2,25,26,30). The van der Waals surface area contributed by atoms with Crippen molar-refractivity contribution in [2.24, 2.45) is 5.41 Å². The number of carboxylic acids is 1. The average Bonchev–Trinajstić information content (AvgIpc) is 2.78. The first-order valence-corrected chi connectivity index (χ1v) is 10.4. The summed E-state index contributed by atoms with van der Waals surface area (Å²) in [6.45, 7) is 8.14. The number of rotatable bonds is 4. The molecule has 1 heterocycles. The van der Waals surface area contributed by atoms with Gasteiger partial charge in [-0.25, -0.2) is 4.79 Å². The SMILES string of the molecule is Cc1cccc(NC(=O)NC2CCc3ccccc3N(CC(=O)O)C2C(C)(C)C)c1. The number of urea groups is 1. The second kappa shape index (κ2) is 8.78. The van der Waals surface area contributed by atoms with Gasteiger partial charge in [-0.1, -0.05) is 51.1 Å². The van der Waals surface area contributed by atoms with Gasteiger partial charge in [0, 0.05) is 11.4 Å². The van der Waals surface area contributed by atoms with Crippen LogP contribution in [0.4, 0.5) is 16.2 Å². The molecule has 0 saturated carbocycles. The fraction of sp³-hybridized carbons (Fsp3) is 0.417. The Morgan fingerprint density at radius 3 is 2.53 bits per heavy atom. The predicted molar refractivity (Wildman–Crippen MR) is 120 cm³/mol. The molecule has 160 valence electrons. The van der Waals surface area contributed by atoms with E-state index in [0.29, 0.717) is 0 Å². The molecule has 0 bridgehead atoms. The first kappa shape index (κ1) is 21.7. The minimum atomic E-state index is -0.885. The van der Waals surface area contributed by atoms with Crippen LogP contribution < -0.4 is 15.5 Å². The zero-order valence-corrected chi connectivity index (χ0v) is 18.1. The van der Waals surface area contributed by atoms with Gasteiger partial charge in [-0.2, -0.15) is 0 Å². The highest BCUT2D eigenvalue weighted by Crippen LogP contribution is 2.37. The number of hydrogen-bond donors (Lipinski definition) is 3. The monoisotopic (exact) mass is 409 g/mol. The van der Waals surface area contributed by atoms with E-state index in [1.807, 2.05) is 60.4 Å². The van der Waals surface area contributed by atoms with Crippen LogP contribution in [0.3, 0.4) is 0 Å². The molecule has 0 radical (unpaired) electrons. The van der Waals surface area contributed by atoms with Crippen LogP contribution in [0.25, 0.3) is 0 Å². The maximum absolute atomic E-state index is 12.8. The normalized spacial score (nSPS) is 18.9. The molecule has 1 aliphatic heterocycles. The molecule has 6 nitrogen and oxygen atoms in total. The minimum absolute atomic E-state index is 0.114. The third-order valence-corrected chi connectivity index (χ3v) is 5.53. The van der Waals surface area contributed by atoms with Gasteiger partial charge in [0.25, 0.3) is 0 Å². The van der Waals surface area contributed by atoms with E-state index < -0.39 is 5.97 Å². The molecule has 0 aromatic heterocycles. The number of nitrogens with zero attached hydrogens (tertiary/aromatic N) is 1. The fourth-order valence-corrected chi connectivity index (χ4v) is 4.45. The molecular formula is C24H31N3O3. The van der Waals surface area contributed by atoms with E-state index in [9.17, 15) is 14.7 Å². The van der Waals surface area contributed by atoms with Crippen LogP contribution in [-0.4, -0.2) is 35.7 Å². The topological polar surface area (TPSA) is 81.7 Å². The van der Waals surface area contributed by atoms with Crippen LogP contribution >= 0.6 is 0 Å². The molecule has 3 rings (SSSR count). The smallest absolute Gasteiger partial charge is 0.323 e. The van der Waals surface area contributed by atoms with E-state index in [2.05, 4.69) is 31.4 Å². The number of nitrogens with one attached hydrogen (secondary N) is 2. The minimum Gasteiger partial charge on any atom is -0.480 e. The second-order valence-corrected chi connectivity index (χ2v) is 9.07. The third-order valence-electron chi connectivity index (χ3n) is 5.53. The van der Waals surface area contributed by atoms with Gasteiger partial charge in [0.2, 0.25) is 0 Å². The quantitative estimate of drug-likeness (QED) is 0.697. The first-order valence-electron chi connectivity index (χ1n) is 10.4. The summed E-state index contributed by atoms with van der Waals surface area (Å²) in [5.41, 5.74) is 3.59. The van der Waals surface area contributed by atoms with Crippen LogP contribution in [0.2, 0.25) is 0 Å². The zero-order valence-electron chi connectivity index (χ0n) is 18.1. The zero-order chi connectivity index (χ0) is 21.9. The number of aryl methyl sites for hydroxylation is 2. The lowest BCUT2D eigenvalue weighted by Crippen LogP contribution is -2.58. The summed E-state index contributed by atoms with van der Waals surface area (Å²) >= 11 is 0. The van der Waals surface area contributed by atoms with Gasteiger partial charge in [-0.15, -0.1) is 0 Å². The molecule has 3 N–H and O–H groups in total. The molecule has 0 spiro atoms. The number of para-hydroxylation sites is 1. The number of hydrogen-bond acceptors (Lipinski definition) is 3. The van der Waals surface area contributed by atoms with Crippen molar-refractivity contribution < 1.29 is 14.7 Å². The summed E-state index contributed by atoms with van der Waals surface area (Å²) in [6, 6.07) is 14.9. The number of fused-ring (bicyclic) bond motifs is 1. The average molecular weight is 410 g/mol. The molecule has 0 fully saturated rings. The molecule has 6 heteroatoms. The van der Waals surface area contributed by atoms with Crippen molar-refractivity contribution in [2.45, 2.75) is 52.6 Å². The maximum Gasteiger partial charge on any atom is 0.323 e.